The average molecular weight is 241 g/mol. The van der Waals surface area contributed by atoms with Crippen molar-refractivity contribution in [1.82, 2.24) is 9.97 Å². The highest BCUT2D eigenvalue weighted by molar-refractivity contribution is 5.62. The molecular weight excluding hydrogens is 222 g/mol. The fourth-order valence-corrected chi connectivity index (χ4v) is 1.91. The molecule has 0 amide bonds. The van der Waals surface area contributed by atoms with E-state index < -0.39 is 0 Å². The predicted molar refractivity (Wildman–Crippen MR) is 75.6 cm³/mol. The van der Waals surface area contributed by atoms with Gasteiger partial charge in [-0.2, -0.15) is 0 Å². The van der Waals surface area contributed by atoms with Crippen LogP contribution in [0, 0.1) is 5.92 Å². The van der Waals surface area contributed by atoms with Crippen LogP contribution < -0.4 is 5.32 Å². The highest BCUT2D eigenvalue weighted by Gasteiger charge is 2.01. The number of rotatable bonds is 4. The molecule has 0 bridgehead atoms. The molecule has 94 valence electrons. The number of hydrogen-bond acceptors (Lipinski definition) is 3. The van der Waals surface area contributed by atoms with Gasteiger partial charge in [-0.3, -0.25) is 0 Å². The Balaban J connectivity index is 2.17. The summed E-state index contributed by atoms with van der Waals surface area (Å²) in [6.45, 7) is 4.47. The van der Waals surface area contributed by atoms with Crippen LogP contribution in [-0.2, 0) is 6.42 Å². The van der Waals surface area contributed by atoms with Crippen LogP contribution in [0.5, 0.6) is 0 Å². The van der Waals surface area contributed by atoms with Gasteiger partial charge in [0, 0.05) is 25.0 Å². The van der Waals surface area contributed by atoms with E-state index in [4.69, 9.17) is 0 Å². The monoisotopic (exact) mass is 241 g/mol. The lowest BCUT2D eigenvalue weighted by atomic mass is 10.0. The molecule has 1 heterocycles. The molecule has 1 aromatic carbocycles. The second-order valence-corrected chi connectivity index (χ2v) is 4.84. The van der Waals surface area contributed by atoms with Gasteiger partial charge in [-0.05, 0) is 23.5 Å². The Bertz CT molecular complexity index is 486. The highest BCUT2D eigenvalue weighted by Crippen LogP contribution is 2.19. The maximum absolute atomic E-state index is 4.22. The van der Waals surface area contributed by atoms with Gasteiger partial charge in [0.2, 0.25) is 5.95 Å². The van der Waals surface area contributed by atoms with E-state index in [9.17, 15) is 0 Å². The van der Waals surface area contributed by atoms with Crippen molar-refractivity contribution in [2.75, 3.05) is 12.4 Å². The van der Waals surface area contributed by atoms with Gasteiger partial charge in [0.25, 0.3) is 0 Å². The summed E-state index contributed by atoms with van der Waals surface area (Å²) in [5.74, 6) is 1.34. The van der Waals surface area contributed by atoms with E-state index in [1.165, 1.54) is 5.56 Å². The smallest absolute Gasteiger partial charge is 0.222 e. The van der Waals surface area contributed by atoms with Crippen molar-refractivity contribution in [3.8, 4) is 11.1 Å². The fourth-order valence-electron chi connectivity index (χ4n) is 1.91. The average Bonchev–Trinajstić information content (AvgIpc) is 2.39. The Hall–Kier alpha value is -1.90. The van der Waals surface area contributed by atoms with Crippen molar-refractivity contribution < 1.29 is 0 Å². The lowest BCUT2D eigenvalue weighted by Gasteiger charge is -2.06. The van der Waals surface area contributed by atoms with E-state index >= 15 is 0 Å². The SMILES string of the molecule is CNc1ncc(-c2ccc(CC(C)C)cc2)cn1. The number of aromatic nitrogens is 2. The van der Waals surface area contributed by atoms with Crippen LogP contribution in [0.25, 0.3) is 11.1 Å². The molecule has 0 atom stereocenters. The predicted octanol–water partition coefficient (Wildman–Crippen LogP) is 3.38. The molecule has 1 N–H and O–H groups in total. The van der Waals surface area contributed by atoms with E-state index in [1.54, 1.807) is 0 Å². The summed E-state index contributed by atoms with van der Waals surface area (Å²) in [6, 6.07) is 8.63. The molecule has 0 aliphatic carbocycles. The molecule has 2 rings (SSSR count). The standard InChI is InChI=1S/C15H19N3/c1-11(2)8-12-4-6-13(7-5-12)14-9-17-15(16-3)18-10-14/h4-7,9-11H,8H2,1-3H3,(H,16,17,18). The molecular formula is C15H19N3. The van der Waals surface area contributed by atoms with Crippen LogP contribution in [0.1, 0.15) is 19.4 Å². The van der Waals surface area contributed by atoms with Crippen molar-refractivity contribution in [3.05, 3.63) is 42.2 Å². The van der Waals surface area contributed by atoms with Crippen LogP contribution in [0.15, 0.2) is 36.7 Å². The topological polar surface area (TPSA) is 37.8 Å². The third-order valence-electron chi connectivity index (χ3n) is 2.81. The minimum atomic E-state index is 0.648. The molecule has 0 unspecified atom stereocenters. The zero-order valence-corrected chi connectivity index (χ0v) is 11.1. The zero-order valence-electron chi connectivity index (χ0n) is 11.1. The summed E-state index contributed by atoms with van der Waals surface area (Å²) in [5, 5.41) is 2.91. The van der Waals surface area contributed by atoms with Gasteiger partial charge in [0.15, 0.2) is 0 Å². The molecule has 3 nitrogen and oxygen atoms in total. The van der Waals surface area contributed by atoms with E-state index in [0.717, 1.165) is 17.5 Å². The molecule has 0 saturated carbocycles. The molecule has 0 spiro atoms. The summed E-state index contributed by atoms with van der Waals surface area (Å²) in [5.41, 5.74) is 3.58. The van der Waals surface area contributed by atoms with Crippen molar-refractivity contribution in [3.63, 3.8) is 0 Å². The number of benzene rings is 1. The second-order valence-electron chi connectivity index (χ2n) is 4.84. The molecule has 0 saturated heterocycles. The molecule has 0 aliphatic heterocycles. The molecule has 18 heavy (non-hydrogen) atoms. The van der Waals surface area contributed by atoms with Crippen LogP contribution >= 0.6 is 0 Å². The van der Waals surface area contributed by atoms with Crippen molar-refractivity contribution >= 4 is 5.95 Å². The first-order valence-corrected chi connectivity index (χ1v) is 6.28. The van der Waals surface area contributed by atoms with Gasteiger partial charge in [0.05, 0.1) is 0 Å². The first-order valence-electron chi connectivity index (χ1n) is 6.28. The zero-order chi connectivity index (χ0) is 13.0. The maximum atomic E-state index is 4.22. The van der Waals surface area contributed by atoms with Gasteiger partial charge < -0.3 is 5.32 Å². The number of hydrogen-bond donors (Lipinski definition) is 1. The molecule has 0 radical (unpaired) electrons. The first kappa shape index (κ1) is 12.6. The lowest BCUT2D eigenvalue weighted by molar-refractivity contribution is 0.647. The summed E-state index contributed by atoms with van der Waals surface area (Å²) in [7, 11) is 1.82. The van der Waals surface area contributed by atoms with E-state index in [2.05, 4.69) is 53.4 Å². The third kappa shape index (κ3) is 3.06. The van der Waals surface area contributed by atoms with Crippen molar-refractivity contribution in [1.29, 1.82) is 0 Å². The van der Waals surface area contributed by atoms with E-state index in [0.29, 0.717) is 11.9 Å². The number of anilines is 1. The molecule has 0 aliphatic rings. The van der Waals surface area contributed by atoms with Gasteiger partial charge >= 0.3 is 0 Å². The summed E-state index contributed by atoms with van der Waals surface area (Å²) in [4.78, 5) is 8.44. The van der Waals surface area contributed by atoms with Gasteiger partial charge in [-0.25, -0.2) is 9.97 Å². The largest absolute Gasteiger partial charge is 0.357 e. The van der Waals surface area contributed by atoms with Crippen LogP contribution in [0.4, 0.5) is 5.95 Å². The minimum absolute atomic E-state index is 0.648. The normalized spacial score (nSPS) is 10.7. The Morgan fingerprint density at radius 3 is 2.11 bits per heavy atom. The van der Waals surface area contributed by atoms with E-state index in [-0.39, 0.29) is 0 Å². The van der Waals surface area contributed by atoms with Gasteiger partial charge in [-0.1, -0.05) is 38.1 Å². The lowest BCUT2D eigenvalue weighted by Crippen LogP contribution is -1.96. The van der Waals surface area contributed by atoms with Gasteiger partial charge in [-0.15, -0.1) is 0 Å². The molecule has 3 heteroatoms. The second kappa shape index (κ2) is 5.63. The van der Waals surface area contributed by atoms with Crippen LogP contribution in [-0.4, -0.2) is 17.0 Å². The quantitative estimate of drug-likeness (QED) is 0.891. The third-order valence-corrected chi connectivity index (χ3v) is 2.81. The fraction of sp³-hybridized carbons (Fsp3) is 0.333. The summed E-state index contributed by atoms with van der Waals surface area (Å²) >= 11 is 0. The molecule has 2 aromatic rings. The molecule has 0 fully saturated rings. The summed E-state index contributed by atoms with van der Waals surface area (Å²) < 4.78 is 0. The first-order chi connectivity index (χ1) is 8.69. The van der Waals surface area contributed by atoms with Gasteiger partial charge in [0.1, 0.15) is 0 Å². The van der Waals surface area contributed by atoms with Crippen molar-refractivity contribution in [2.24, 2.45) is 5.92 Å². The number of nitrogens with zero attached hydrogens (tertiary/aromatic N) is 2. The highest BCUT2D eigenvalue weighted by atomic mass is 15.1. The maximum Gasteiger partial charge on any atom is 0.222 e. The Morgan fingerprint density at radius 2 is 1.61 bits per heavy atom. The van der Waals surface area contributed by atoms with Crippen LogP contribution in [0.3, 0.4) is 0 Å². The number of nitrogens with one attached hydrogen (secondary N) is 1. The van der Waals surface area contributed by atoms with E-state index in [1.807, 2.05) is 19.4 Å². The minimum Gasteiger partial charge on any atom is -0.357 e. The molecule has 1 aromatic heterocycles. The Kier molecular flexibility index (Phi) is 3.92. The summed E-state index contributed by atoms with van der Waals surface area (Å²) in [6.07, 6.45) is 4.81. The van der Waals surface area contributed by atoms with Crippen LogP contribution in [0.2, 0.25) is 0 Å². The Labute approximate surface area is 108 Å². The Morgan fingerprint density at radius 1 is 1.00 bits per heavy atom. The van der Waals surface area contributed by atoms with Crippen molar-refractivity contribution in [2.45, 2.75) is 20.3 Å².